The van der Waals surface area contributed by atoms with Gasteiger partial charge in [0.2, 0.25) is 5.89 Å². The maximum Gasteiger partial charge on any atom is 0.335 e. The quantitative estimate of drug-likeness (QED) is 0.879. The van der Waals surface area contributed by atoms with Gasteiger partial charge >= 0.3 is 5.97 Å². The van der Waals surface area contributed by atoms with Gasteiger partial charge < -0.3 is 9.52 Å². The maximum absolute atomic E-state index is 10.9. The summed E-state index contributed by atoms with van der Waals surface area (Å²) < 4.78 is 5.58. The van der Waals surface area contributed by atoms with Gasteiger partial charge in [0.1, 0.15) is 5.52 Å². The lowest BCUT2D eigenvalue weighted by Crippen LogP contribution is -2.22. The van der Waals surface area contributed by atoms with Crippen molar-refractivity contribution in [1.82, 2.24) is 9.88 Å². The van der Waals surface area contributed by atoms with Gasteiger partial charge in [-0.1, -0.05) is 13.8 Å². The summed E-state index contributed by atoms with van der Waals surface area (Å²) in [4.78, 5) is 17.4. The first-order chi connectivity index (χ1) is 8.63. The summed E-state index contributed by atoms with van der Waals surface area (Å²) in [5.74, 6) is -0.338. The Morgan fingerprint density at radius 1 is 1.39 bits per heavy atom. The first kappa shape index (κ1) is 12.6. The van der Waals surface area contributed by atoms with E-state index in [4.69, 9.17) is 9.52 Å². The van der Waals surface area contributed by atoms with Gasteiger partial charge in [-0.25, -0.2) is 9.78 Å². The van der Waals surface area contributed by atoms with E-state index in [2.05, 4.69) is 23.7 Å². The van der Waals surface area contributed by atoms with Crippen molar-refractivity contribution in [3.05, 3.63) is 29.7 Å². The van der Waals surface area contributed by atoms with E-state index in [0.717, 1.165) is 13.1 Å². The Labute approximate surface area is 105 Å². The van der Waals surface area contributed by atoms with Gasteiger partial charge in [-0.15, -0.1) is 0 Å². The van der Waals surface area contributed by atoms with E-state index in [1.54, 1.807) is 6.07 Å². The molecule has 0 amide bonds. The number of fused-ring (bicyclic) bond motifs is 1. The predicted molar refractivity (Wildman–Crippen MR) is 67.6 cm³/mol. The first-order valence-electron chi connectivity index (χ1n) is 5.99. The van der Waals surface area contributed by atoms with Gasteiger partial charge in [0.15, 0.2) is 5.58 Å². The number of rotatable bonds is 5. The Kier molecular flexibility index (Phi) is 3.62. The zero-order valence-corrected chi connectivity index (χ0v) is 10.5. The van der Waals surface area contributed by atoms with Crippen molar-refractivity contribution in [2.45, 2.75) is 20.4 Å². The molecule has 2 aromatic rings. The van der Waals surface area contributed by atoms with Crippen molar-refractivity contribution < 1.29 is 14.3 Å². The molecule has 0 spiro atoms. The van der Waals surface area contributed by atoms with Crippen LogP contribution in [0.5, 0.6) is 0 Å². The maximum atomic E-state index is 10.9. The van der Waals surface area contributed by atoms with E-state index in [-0.39, 0.29) is 5.56 Å². The molecule has 0 atom stereocenters. The summed E-state index contributed by atoms with van der Waals surface area (Å²) in [6.07, 6.45) is 0. The molecule has 0 aliphatic heterocycles. The van der Waals surface area contributed by atoms with Crippen LogP contribution in [0, 0.1) is 0 Å². The molecule has 1 aromatic carbocycles. The fourth-order valence-electron chi connectivity index (χ4n) is 1.81. The molecule has 1 aromatic heterocycles. The Hall–Kier alpha value is -1.88. The lowest BCUT2D eigenvalue weighted by atomic mass is 10.2. The van der Waals surface area contributed by atoms with Crippen LogP contribution >= 0.6 is 0 Å². The molecule has 0 saturated heterocycles. The second-order valence-electron chi connectivity index (χ2n) is 4.06. The molecule has 0 aliphatic rings. The Morgan fingerprint density at radius 3 is 2.72 bits per heavy atom. The Morgan fingerprint density at radius 2 is 2.11 bits per heavy atom. The van der Waals surface area contributed by atoms with Crippen LogP contribution in [0.2, 0.25) is 0 Å². The van der Waals surface area contributed by atoms with Crippen molar-refractivity contribution >= 4 is 17.1 Å². The van der Waals surface area contributed by atoms with Crippen LogP contribution in [0.15, 0.2) is 22.6 Å². The molecule has 5 heteroatoms. The third-order valence-corrected chi connectivity index (χ3v) is 2.93. The van der Waals surface area contributed by atoms with E-state index in [1.807, 2.05) is 0 Å². The normalized spacial score (nSPS) is 11.3. The van der Waals surface area contributed by atoms with Gasteiger partial charge in [-0.3, -0.25) is 4.90 Å². The number of aromatic carboxylic acids is 1. The third-order valence-electron chi connectivity index (χ3n) is 2.93. The molecule has 0 bridgehead atoms. The average Bonchev–Trinajstić information content (AvgIpc) is 2.76. The number of carboxylic acids is 1. The smallest absolute Gasteiger partial charge is 0.335 e. The van der Waals surface area contributed by atoms with Crippen molar-refractivity contribution in [2.24, 2.45) is 0 Å². The van der Waals surface area contributed by atoms with Crippen LogP contribution in [0.1, 0.15) is 30.1 Å². The van der Waals surface area contributed by atoms with Gasteiger partial charge in [0.25, 0.3) is 0 Å². The highest BCUT2D eigenvalue weighted by molar-refractivity contribution is 5.91. The standard InChI is InChI=1S/C13H16N2O3/c1-3-15(4-2)8-12-14-10-6-5-9(13(16)17)7-11(10)18-12/h5-7H,3-4,8H2,1-2H3,(H,16,17). The molecule has 0 radical (unpaired) electrons. The zero-order chi connectivity index (χ0) is 13.1. The average molecular weight is 248 g/mol. The van der Waals surface area contributed by atoms with Gasteiger partial charge in [0.05, 0.1) is 12.1 Å². The fraction of sp³-hybridized carbons (Fsp3) is 0.385. The van der Waals surface area contributed by atoms with Crippen LogP contribution < -0.4 is 0 Å². The first-order valence-corrected chi connectivity index (χ1v) is 5.99. The number of benzene rings is 1. The van der Waals surface area contributed by atoms with Gasteiger partial charge in [-0.05, 0) is 31.3 Å². The van der Waals surface area contributed by atoms with Crippen LogP contribution in [-0.2, 0) is 6.54 Å². The summed E-state index contributed by atoms with van der Waals surface area (Å²) in [7, 11) is 0. The van der Waals surface area contributed by atoms with Crippen molar-refractivity contribution in [3.8, 4) is 0 Å². The number of carbonyl (C=O) groups is 1. The molecule has 0 fully saturated rings. The van der Waals surface area contributed by atoms with E-state index >= 15 is 0 Å². The number of carboxylic acid groups (broad SMARTS) is 1. The number of oxazole rings is 1. The number of nitrogens with zero attached hydrogens (tertiary/aromatic N) is 2. The van der Waals surface area contributed by atoms with Crippen molar-refractivity contribution in [2.75, 3.05) is 13.1 Å². The summed E-state index contributed by atoms with van der Waals surface area (Å²) in [6, 6.07) is 4.72. The minimum atomic E-state index is -0.960. The molecular weight excluding hydrogens is 232 g/mol. The Balaban J connectivity index is 2.29. The lowest BCUT2D eigenvalue weighted by molar-refractivity contribution is 0.0697. The van der Waals surface area contributed by atoms with E-state index < -0.39 is 5.97 Å². The monoisotopic (exact) mass is 248 g/mol. The molecule has 0 aliphatic carbocycles. The number of aromatic nitrogens is 1. The lowest BCUT2D eigenvalue weighted by Gasteiger charge is -2.14. The highest BCUT2D eigenvalue weighted by Crippen LogP contribution is 2.18. The summed E-state index contributed by atoms with van der Waals surface area (Å²) in [5, 5.41) is 8.90. The molecule has 5 nitrogen and oxygen atoms in total. The highest BCUT2D eigenvalue weighted by atomic mass is 16.4. The van der Waals surface area contributed by atoms with Gasteiger partial charge in [0, 0.05) is 0 Å². The summed E-state index contributed by atoms with van der Waals surface area (Å²) >= 11 is 0. The minimum Gasteiger partial charge on any atom is -0.478 e. The number of hydrogen-bond donors (Lipinski definition) is 1. The van der Waals surface area contributed by atoms with Crippen LogP contribution in [0.3, 0.4) is 0 Å². The zero-order valence-electron chi connectivity index (χ0n) is 10.5. The highest BCUT2D eigenvalue weighted by Gasteiger charge is 2.11. The van der Waals surface area contributed by atoms with Gasteiger partial charge in [-0.2, -0.15) is 0 Å². The van der Waals surface area contributed by atoms with E-state index in [1.165, 1.54) is 12.1 Å². The predicted octanol–water partition coefficient (Wildman–Crippen LogP) is 2.37. The molecule has 1 N–H and O–H groups in total. The third kappa shape index (κ3) is 2.51. The van der Waals surface area contributed by atoms with Crippen LogP contribution in [0.4, 0.5) is 0 Å². The molecule has 2 rings (SSSR count). The van der Waals surface area contributed by atoms with E-state index in [9.17, 15) is 4.79 Å². The van der Waals surface area contributed by atoms with E-state index in [0.29, 0.717) is 23.5 Å². The molecule has 96 valence electrons. The fourth-order valence-corrected chi connectivity index (χ4v) is 1.81. The Bertz CT molecular complexity index is 558. The largest absolute Gasteiger partial charge is 0.478 e. The molecule has 18 heavy (non-hydrogen) atoms. The molecular formula is C13H16N2O3. The topological polar surface area (TPSA) is 66.6 Å². The van der Waals surface area contributed by atoms with Crippen molar-refractivity contribution in [3.63, 3.8) is 0 Å². The number of hydrogen-bond acceptors (Lipinski definition) is 4. The summed E-state index contributed by atoms with van der Waals surface area (Å²) in [5.41, 5.74) is 1.44. The molecule has 1 heterocycles. The van der Waals surface area contributed by atoms with Crippen LogP contribution in [-0.4, -0.2) is 34.0 Å². The second-order valence-corrected chi connectivity index (χ2v) is 4.06. The van der Waals surface area contributed by atoms with Crippen molar-refractivity contribution in [1.29, 1.82) is 0 Å². The minimum absolute atomic E-state index is 0.216. The second kappa shape index (κ2) is 5.18. The SMILES string of the molecule is CCN(CC)Cc1nc2ccc(C(=O)O)cc2o1. The molecule has 0 unspecified atom stereocenters. The molecule has 0 saturated carbocycles. The van der Waals surface area contributed by atoms with Crippen LogP contribution in [0.25, 0.3) is 11.1 Å². The summed E-state index contributed by atoms with van der Waals surface area (Å²) in [6.45, 7) is 6.65.